The Morgan fingerprint density at radius 1 is 1.44 bits per heavy atom. The van der Waals surface area contributed by atoms with Gasteiger partial charge < -0.3 is 5.32 Å². The summed E-state index contributed by atoms with van der Waals surface area (Å²) >= 11 is 3.93. The van der Waals surface area contributed by atoms with Crippen molar-refractivity contribution in [3.8, 4) is 0 Å². The molecule has 1 N–H and O–H groups in total. The first-order valence-corrected chi connectivity index (χ1v) is 8.05. The van der Waals surface area contributed by atoms with Gasteiger partial charge in [-0.3, -0.25) is 0 Å². The summed E-state index contributed by atoms with van der Waals surface area (Å²) in [5.41, 5.74) is 0. The number of aromatic nitrogens is 1. The van der Waals surface area contributed by atoms with E-state index in [0.29, 0.717) is 0 Å². The zero-order chi connectivity index (χ0) is 11.2. The second-order valence-corrected chi connectivity index (χ2v) is 6.64. The van der Waals surface area contributed by atoms with Gasteiger partial charge in [0.25, 0.3) is 0 Å². The molecule has 0 atom stereocenters. The van der Waals surface area contributed by atoms with Crippen molar-refractivity contribution in [2.45, 2.75) is 50.0 Å². The Labute approximate surface area is 106 Å². The minimum Gasteiger partial charge on any atom is -0.362 e. The van der Waals surface area contributed by atoms with E-state index in [2.05, 4.69) is 29.0 Å². The number of thioether (sulfide) groups is 1. The first-order chi connectivity index (χ1) is 7.88. The third-order valence-corrected chi connectivity index (χ3v) is 5.45. The van der Waals surface area contributed by atoms with E-state index in [1.165, 1.54) is 37.0 Å². The summed E-state index contributed by atoms with van der Waals surface area (Å²) in [6.45, 7) is 3.07. The summed E-state index contributed by atoms with van der Waals surface area (Å²) in [5.74, 6) is 1.15. The van der Waals surface area contributed by atoms with Gasteiger partial charge in [0.1, 0.15) is 0 Å². The highest BCUT2D eigenvalue weighted by Gasteiger charge is 2.14. The van der Waals surface area contributed by atoms with Crippen LogP contribution in [0.25, 0.3) is 0 Å². The number of hydrogen-bond donors (Lipinski definition) is 1. The predicted octanol–water partition coefficient (Wildman–Crippen LogP) is 4.14. The van der Waals surface area contributed by atoms with Crippen molar-refractivity contribution in [3.63, 3.8) is 0 Å². The van der Waals surface area contributed by atoms with Crippen LogP contribution >= 0.6 is 23.1 Å². The van der Waals surface area contributed by atoms with Crippen LogP contribution in [0.2, 0.25) is 0 Å². The van der Waals surface area contributed by atoms with Crippen LogP contribution < -0.4 is 5.32 Å². The van der Waals surface area contributed by atoms with Crippen molar-refractivity contribution in [1.82, 2.24) is 4.98 Å². The molecule has 0 radical (unpaired) electrons. The van der Waals surface area contributed by atoms with Crippen molar-refractivity contribution in [2.75, 3.05) is 11.9 Å². The van der Waals surface area contributed by atoms with Crippen molar-refractivity contribution in [2.24, 2.45) is 0 Å². The fraction of sp³-hybridized carbons (Fsp3) is 0.750. The molecule has 1 aromatic heterocycles. The molecule has 0 spiro atoms. The minimum absolute atomic E-state index is 0.901. The zero-order valence-corrected chi connectivity index (χ0v) is 11.5. The molecular weight excluding hydrogens is 236 g/mol. The van der Waals surface area contributed by atoms with Crippen LogP contribution in [0.15, 0.2) is 6.20 Å². The Morgan fingerprint density at radius 3 is 3.00 bits per heavy atom. The molecule has 2 nitrogen and oxygen atoms in total. The lowest BCUT2D eigenvalue weighted by molar-refractivity contribution is 0.516. The highest BCUT2D eigenvalue weighted by molar-refractivity contribution is 7.99. The lowest BCUT2D eigenvalue weighted by atomic mass is 10.0. The summed E-state index contributed by atoms with van der Waals surface area (Å²) in [4.78, 5) is 5.77. The van der Waals surface area contributed by atoms with Crippen molar-refractivity contribution in [3.05, 3.63) is 11.1 Å². The van der Waals surface area contributed by atoms with Crippen LogP contribution in [0.3, 0.4) is 0 Å². The molecule has 1 fully saturated rings. The molecule has 0 bridgehead atoms. The van der Waals surface area contributed by atoms with Gasteiger partial charge in [0.15, 0.2) is 5.13 Å². The number of rotatable bonds is 5. The van der Waals surface area contributed by atoms with Crippen molar-refractivity contribution >= 4 is 28.2 Å². The molecule has 1 aliphatic rings. The molecule has 90 valence electrons. The smallest absolute Gasteiger partial charge is 0.182 e. The van der Waals surface area contributed by atoms with Crippen LogP contribution in [0.1, 0.15) is 43.9 Å². The quantitative estimate of drug-likeness (QED) is 0.857. The van der Waals surface area contributed by atoms with E-state index in [0.717, 1.165) is 22.7 Å². The molecule has 1 heterocycles. The lowest BCUT2D eigenvalue weighted by Gasteiger charge is -2.20. The van der Waals surface area contributed by atoms with Crippen LogP contribution in [-0.2, 0) is 5.75 Å². The van der Waals surface area contributed by atoms with Gasteiger partial charge in [-0.25, -0.2) is 4.98 Å². The van der Waals surface area contributed by atoms with Crippen molar-refractivity contribution < 1.29 is 0 Å². The molecule has 2 rings (SSSR count). The van der Waals surface area contributed by atoms with Crippen LogP contribution in [0.4, 0.5) is 5.13 Å². The maximum Gasteiger partial charge on any atom is 0.182 e. The third-order valence-electron chi connectivity index (χ3n) is 2.90. The molecule has 0 amide bonds. The van der Waals surface area contributed by atoms with E-state index >= 15 is 0 Å². The van der Waals surface area contributed by atoms with E-state index in [1.807, 2.05) is 6.20 Å². The fourth-order valence-electron chi connectivity index (χ4n) is 2.04. The summed E-state index contributed by atoms with van der Waals surface area (Å²) in [6, 6.07) is 0. The Hall–Kier alpha value is -0.220. The fourth-order valence-corrected chi connectivity index (χ4v) is 4.30. The van der Waals surface area contributed by atoms with E-state index in [1.54, 1.807) is 11.3 Å². The molecule has 1 saturated carbocycles. The number of anilines is 1. The molecule has 0 aromatic carbocycles. The first kappa shape index (κ1) is 12.2. The van der Waals surface area contributed by atoms with Crippen molar-refractivity contribution in [1.29, 1.82) is 0 Å². The average Bonchev–Trinajstić information content (AvgIpc) is 2.76. The van der Waals surface area contributed by atoms with Gasteiger partial charge in [-0.1, -0.05) is 19.3 Å². The molecule has 1 aliphatic carbocycles. The lowest BCUT2D eigenvalue weighted by Crippen LogP contribution is -2.07. The monoisotopic (exact) mass is 256 g/mol. The van der Waals surface area contributed by atoms with Gasteiger partial charge >= 0.3 is 0 Å². The maximum absolute atomic E-state index is 4.36. The number of hydrogen-bond acceptors (Lipinski definition) is 4. The molecule has 0 saturated heterocycles. The van der Waals surface area contributed by atoms with Gasteiger partial charge in [-0.05, 0) is 19.8 Å². The summed E-state index contributed by atoms with van der Waals surface area (Å²) in [5, 5.41) is 5.24. The Bertz CT molecular complexity index is 306. The summed E-state index contributed by atoms with van der Waals surface area (Å²) in [7, 11) is 0. The van der Waals surface area contributed by atoms with E-state index < -0.39 is 0 Å². The topological polar surface area (TPSA) is 24.9 Å². The second kappa shape index (κ2) is 6.50. The predicted molar refractivity (Wildman–Crippen MR) is 74.4 cm³/mol. The van der Waals surface area contributed by atoms with E-state index in [9.17, 15) is 0 Å². The molecule has 4 heteroatoms. The van der Waals surface area contributed by atoms with Crippen LogP contribution in [-0.4, -0.2) is 16.8 Å². The second-order valence-electron chi connectivity index (χ2n) is 4.23. The van der Waals surface area contributed by atoms with E-state index in [-0.39, 0.29) is 0 Å². The Morgan fingerprint density at radius 2 is 2.25 bits per heavy atom. The highest BCUT2D eigenvalue weighted by Crippen LogP contribution is 2.32. The maximum atomic E-state index is 4.36. The largest absolute Gasteiger partial charge is 0.362 e. The molecule has 0 aliphatic heterocycles. The Balaban J connectivity index is 1.75. The average molecular weight is 256 g/mol. The Kier molecular flexibility index (Phi) is 4.97. The summed E-state index contributed by atoms with van der Waals surface area (Å²) in [6.07, 6.45) is 9.18. The zero-order valence-electron chi connectivity index (χ0n) is 9.87. The number of thiazole rings is 1. The van der Waals surface area contributed by atoms with E-state index in [4.69, 9.17) is 0 Å². The third kappa shape index (κ3) is 3.67. The number of nitrogens with one attached hydrogen (secondary N) is 1. The summed E-state index contributed by atoms with van der Waals surface area (Å²) < 4.78 is 0. The molecule has 1 aromatic rings. The molecule has 0 unspecified atom stereocenters. The number of nitrogens with zero attached hydrogens (tertiary/aromatic N) is 1. The van der Waals surface area contributed by atoms with Crippen LogP contribution in [0.5, 0.6) is 0 Å². The minimum atomic E-state index is 0.901. The van der Waals surface area contributed by atoms with Gasteiger partial charge in [0, 0.05) is 28.6 Å². The van der Waals surface area contributed by atoms with Gasteiger partial charge in [0.2, 0.25) is 0 Å². The normalized spacial score (nSPS) is 17.6. The first-order valence-electron chi connectivity index (χ1n) is 6.18. The highest BCUT2D eigenvalue weighted by atomic mass is 32.2. The molecular formula is C12H20N2S2. The van der Waals surface area contributed by atoms with Crippen LogP contribution in [0, 0.1) is 0 Å². The standard InChI is InChI=1S/C12H20N2S2/c1-2-13-12-14-8-11(16-12)9-15-10-6-4-3-5-7-10/h8,10H,2-7,9H2,1H3,(H,13,14). The van der Waals surface area contributed by atoms with Gasteiger partial charge in [0.05, 0.1) is 0 Å². The van der Waals surface area contributed by atoms with Gasteiger partial charge in [-0.15, -0.1) is 11.3 Å². The molecule has 16 heavy (non-hydrogen) atoms. The van der Waals surface area contributed by atoms with Gasteiger partial charge in [-0.2, -0.15) is 11.8 Å². The SMILES string of the molecule is CCNc1ncc(CSC2CCCCC2)s1.